The molecule has 2 aliphatic heterocycles. The Bertz CT molecular complexity index is 896. The number of carbonyl (C=O) groups excluding carboxylic acids is 3. The number of fused-ring (bicyclic) bond motifs is 2. The van der Waals surface area contributed by atoms with E-state index in [-0.39, 0.29) is 30.3 Å². The van der Waals surface area contributed by atoms with Gasteiger partial charge >= 0.3 is 0 Å². The van der Waals surface area contributed by atoms with Gasteiger partial charge in [-0.25, -0.2) is 4.98 Å². The summed E-state index contributed by atoms with van der Waals surface area (Å²) in [6.45, 7) is 2.52. The van der Waals surface area contributed by atoms with Crippen LogP contribution in [-0.4, -0.2) is 58.8 Å². The van der Waals surface area contributed by atoms with Crippen molar-refractivity contribution >= 4 is 39.2 Å². The van der Waals surface area contributed by atoms with Gasteiger partial charge < -0.3 is 15.0 Å². The van der Waals surface area contributed by atoms with E-state index in [1.807, 2.05) is 13.0 Å². The summed E-state index contributed by atoms with van der Waals surface area (Å²) < 4.78 is 6.47. The van der Waals surface area contributed by atoms with E-state index in [0.717, 1.165) is 16.6 Å². The van der Waals surface area contributed by atoms with Crippen LogP contribution < -0.4 is 5.32 Å². The van der Waals surface area contributed by atoms with Crippen molar-refractivity contribution in [2.24, 2.45) is 0 Å². The van der Waals surface area contributed by atoms with Gasteiger partial charge in [-0.3, -0.25) is 14.4 Å². The van der Waals surface area contributed by atoms with E-state index in [4.69, 9.17) is 4.74 Å². The van der Waals surface area contributed by atoms with E-state index >= 15 is 0 Å². The molecule has 2 amide bonds. The Labute approximate surface area is 160 Å². The molecule has 142 valence electrons. The molecule has 1 N–H and O–H groups in total. The Morgan fingerprint density at radius 1 is 1.44 bits per heavy atom. The molecule has 0 bridgehead atoms. The number of aromatic nitrogens is 1. The van der Waals surface area contributed by atoms with Gasteiger partial charge in [-0.15, -0.1) is 11.3 Å². The van der Waals surface area contributed by atoms with Crippen molar-refractivity contribution in [2.75, 3.05) is 13.2 Å². The SMILES string of the molecule is CCCC(NC(=O)c1ccc2scnc2c1)C(=O)N1CCC2OCC(=O)C21. The predicted octanol–water partition coefficient (Wildman–Crippen LogP) is 1.76. The molecule has 1 aromatic carbocycles. The predicted molar refractivity (Wildman–Crippen MR) is 101 cm³/mol. The Hall–Kier alpha value is -2.32. The number of thiazole rings is 1. The first-order valence-electron chi connectivity index (χ1n) is 9.17. The fourth-order valence-corrected chi connectivity index (χ4v) is 4.49. The second kappa shape index (κ2) is 7.36. The van der Waals surface area contributed by atoms with Crippen LogP contribution in [0.3, 0.4) is 0 Å². The highest BCUT2D eigenvalue weighted by molar-refractivity contribution is 7.16. The third-order valence-corrected chi connectivity index (χ3v) is 5.98. The number of hydrogen-bond donors (Lipinski definition) is 1. The number of nitrogens with one attached hydrogen (secondary N) is 1. The molecule has 8 heteroatoms. The van der Waals surface area contributed by atoms with Crippen molar-refractivity contribution in [1.29, 1.82) is 0 Å². The molecule has 3 heterocycles. The maximum Gasteiger partial charge on any atom is 0.252 e. The van der Waals surface area contributed by atoms with E-state index in [1.54, 1.807) is 22.5 Å². The van der Waals surface area contributed by atoms with Crippen molar-refractivity contribution in [1.82, 2.24) is 15.2 Å². The van der Waals surface area contributed by atoms with Crippen LogP contribution in [0, 0.1) is 0 Å². The number of ketones is 1. The van der Waals surface area contributed by atoms with E-state index in [1.165, 1.54) is 11.3 Å². The Kier molecular flexibility index (Phi) is 4.92. The topological polar surface area (TPSA) is 88.6 Å². The summed E-state index contributed by atoms with van der Waals surface area (Å²) in [5.74, 6) is -0.561. The highest BCUT2D eigenvalue weighted by atomic mass is 32.1. The molecule has 2 saturated heterocycles. The van der Waals surface area contributed by atoms with Gasteiger partial charge in [0.2, 0.25) is 5.91 Å². The number of benzene rings is 1. The van der Waals surface area contributed by atoms with Crippen LogP contribution in [0.5, 0.6) is 0 Å². The first kappa shape index (κ1) is 18.1. The smallest absolute Gasteiger partial charge is 0.252 e. The normalized spacial score (nSPS) is 22.9. The number of likely N-dealkylation sites (tertiary alicyclic amines) is 1. The summed E-state index contributed by atoms with van der Waals surface area (Å²) in [7, 11) is 0. The Morgan fingerprint density at radius 2 is 2.30 bits per heavy atom. The number of ether oxygens (including phenoxy) is 1. The molecule has 3 unspecified atom stereocenters. The number of Topliss-reactive ketones (excluding diaryl/α,β-unsaturated/α-hetero) is 1. The van der Waals surface area contributed by atoms with Crippen LogP contribution >= 0.6 is 11.3 Å². The highest BCUT2D eigenvalue weighted by Gasteiger charge is 2.47. The average Bonchev–Trinajstić information content (AvgIpc) is 3.37. The summed E-state index contributed by atoms with van der Waals surface area (Å²) in [4.78, 5) is 43.7. The van der Waals surface area contributed by atoms with Gasteiger partial charge in [-0.05, 0) is 31.0 Å². The van der Waals surface area contributed by atoms with E-state index in [2.05, 4.69) is 10.3 Å². The van der Waals surface area contributed by atoms with E-state index in [9.17, 15) is 14.4 Å². The number of nitrogens with zero attached hydrogens (tertiary/aromatic N) is 2. The highest BCUT2D eigenvalue weighted by Crippen LogP contribution is 2.28. The van der Waals surface area contributed by atoms with Gasteiger partial charge in [-0.2, -0.15) is 0 Å². The van der Waals surface area contributed by atoms with E-state index < -0.39 is 12.1 Å². The van der Waals surface area contributed by atoms with Crippen LogP contribution in [0.15, 0.2) is 23.7 Å². The number of hydrogen-bond acceptors (Lipinski definition) is 6. The van der Waals surface area contributed by atoms with Crippen LogP contribution in [0.4, 0.5) is 0 Å². The first-order chi connectivity index (χ1) is 13.1. The second-order valence-corrected chi connectivity index (χ2v) is 7.82. The third-order valence-electron chi connectivity index (χ3n) is 5.17. The third kappa shape index (κ3) is 3.35. The molecule has 4 rings (SSSR count). The summed E-state index contributed by atoms with van der Waals surface area (Å²) in [5, 5.41) is 2.86. The molecule has 0 radical (unpaired) electrons. The zero-order chi connectivity index (χ0) is 19.0. The van der Waals surface area contributed by atoms with Crippen molar-refractivity contribution in [3.8, 4) is 0 Å². The minimum Gasteiger partial charge on any atom is -0.368 e. The fraction of sp³-hybridized carbons (Fsp3) is 0.474. The lowest BCUT2D eigenvalue weighted by molar-refractivity contribution is -0.138. The lowest BCUT2D eigenvalue weighted by atomic mass is 10.1. The van der Waals surface area contributed by atoms with Gasteiger partial charge in [0.05, 0.1) is 21.8 Å². The molecule has 0 spiro atoms. The molecular weight excluding hydrogens is 366 g/mol. The molecule has 2 aromatic rings. The van der Waals surface area contributed by atoms with Crippen molar-refractivity contribution in [2.45, 2.75) is 44.4 Å². The van der Waals surface area contributed by atoms with E-state index in [0.29, 0.717) is 24.9 Å². The Morgan fingerprint density at radius 3 is 3.11 bits per heavy atom. The maximum absolute atomic E-state index is 13.1. The molecule has 2 aliphatic rings. The Balaban J connectivity index is 1.50. The molecule has 3 atom stereocenters. The summed E-state index contributed by atoms with van der Waals surface area (Å²) in [5.41, 5.74) is 2.98. The largest absolute Gasteiger partial charge is 0.368 e. The van der Waals surface area contributed by atoms with Crippen LogP contribution in [0.2, 0.25) is 0 Å². The van der Waals surface area contributed by atoms with Crippen molar-refractivity contribution in [3.05, 3.63) is 29.3 Å². The molecular formula is C19H21N3O4S. The quantitative estimate of drug-likeness (QED) is 0.845. The number of amides is 2. The average molecular weight is 387 g/mol. The van der Waals surface area contributed by atoms with Crippen molar-refractivity contribution in [3.63, 3.8) is 0 Å². The monoisotopic (exact) mass is 387 g/mol. The maximum atomic E-state index is 13.1. The number of rotatable bonds is 5. The lowest BCUT2D eigenvalue weighted by Crippen LogP contribution is -2.52. The summed E-state index contributed by atoms with van der Waals surface area (Å²) >= 11 is 1.51. The zero-order valence-electron chi connectivity index (χ0n) is 15.0. The zero-order valence-corrected chi connectivity index (χ0v) is 15.8. The van der Waals surface area contributed by atoms with Gasteiger partial charge in [-0.1, -0.05) is 13.3 Å². The van der Waals surface area contributed by atoms with Gasteiger partial charge in [0.1, 0.15) is 18.7 Å². The summed E-state index contributed by atoms with van der Waals surface area (Å²) in [6, 6.07) is 4.18. The van der Waals surface area contributed by atoms with Crippen molar-refractivity contribution < 1.29 is 19.1 Å². The van der Waals surface area contributed by atoms with Crippen LogP contribution in [0.1, 0.15) is 36.5 Å². The minimum absolute atomic E-state index is 0.0543. The van der Waals surface area contributed by atoms with Gasteiger partial charge in [0.25, 0.3) is 5.91 Å². The molecule has 7 nitrogen and oxygen atoms in total. The summed E-state index contributed by atoms with van der Waals surface area (Å²) in [6.07, 6.45) is 1.72. The standard InChI is InChI=1S/C19H21N3O4S/c1-2-3-12(19(25)22-7-6-15-17(22)14(23)9-26-15)21-18(24)11-4-5-16-13(8-11)20-10-27-16/h4-5,8,10,12,15,17H,2-3,6-7,9H2,1H3,(H,21,24). The lowest BCUT2D eigenvalue weighted by Gasteiger charge is -2.27. The molecule has 0 saturated carbocycles. The molecule has 2 fully saturated rings. The molecule has 1 aromatic heterocycles. The second-order valence-electron chi connectivity index (χ2n) is 6.93. The first-order valence-corrected chi connectivity index (χ1v) is 10.1. The van der Waals surface area contributed by atoms with Crippen LogP contribution in [-0.2, 0) is 14.3 Å². The molecule has 27 heavy (non-hydrogen) atoms. The van der Waals surface area contributed by atoms with Gasteiger partial charge in [0.15, 0.2) is 5.78 Å². The molecule has 0 aliphatic carbocycles. The minimum atomic E-state index is -0.652. The number of carbonyl (C=O) groups is 3. The van der Waals surface area contributed by atoms with Crippen LogP contribution in [0.25, 0.3) is 10.2 Å². The fourth-order valence-electron chi connectivity index (χ4n) is 3.83. The van der Waals surface area contributed by atoms with Gasteiger partial charge in [0, 0.05) is 12.1 Å².